The molecule has 0 aliphatic rings. The van der Waals surface area contributed by atoms with Gasteiger partial charge in [-0.15, -0.1) is 0 Å². The highest BCUT2D eigenvalue weighted by Crippen LogP contribution is 2.34. The van der Waals surface area contributed by atoms with Gasteiger partial charge in [0.2, 0.25) is 0 Å². The number of aryl methyl sites for hydroxylation is 1. The number of aromatic nitrogens is 4. The largest absolute Gasteiger partial charge is 0.443 e. The van der Waals surface area contributed by atoms with Crippen molar-refractivity contribution >= 4 is 38.8 Å². The summed E-state index contributed by atoms with van der Waals surface area (Å²) in [4.78, 5) is 35.1. The molecule has 0 aliphatic heterocycles. The van der Waals surface area contributed by atoms with Crippen molar-refractivity contribution < 1.29 is 9.53 Å². The van der Waals surface area contributed by atoms with Crippen LogP contribution in [0.25, 0.3) is 49.7 Å². The number of rotatable bonds is 5. The van der Waals surface area contributed by atoms with Crippen molar-refractivity contribution in [1.82, 2.24) is 19.1 Å². The lowest BCUT2D eigenvalue weighted by Gasteiger charge is -2.17. The number of pyridine rings is 2. The van der Waals surface area contributed by atoms with Crippen molar-refractivity contribution in [3.63, 3.8) is 0 Å². The second-order valence-corrected chi connectivity index (χ2v) is 12.2. The molecule has 6 aromatic rings. The molecule has 0 bridgehead atoms. The van der Waals surface area contributed by atoms with Gasteiger partial charge in [0, 0.05) is 41.2 Å². The van der Waals surface area contributed by atoms with E-state index >= 15 is 0 Å². The second kappa shape index (κ2) is 11.2. The average molecular weight is 606 g/mol. The Hall–Kier alpha value is -5.99. The van der Waals surface area contributed by atoms with Crippen molar-refractivity contribution in [2.24, 2.45) is 7.05 Å². The number of esters is 1. The third-order valence-electron chi connectivity index (χ3n) is 8.07. The lowest BCUT2D eigenvalue weighted by atomic mass is 9.86. The molecule has 8 heteroatoms. The minimum atomic E-state index is -1.08. The van der Waals surface area contributed by atoms with E-state index in [1.54, 1.807) is 42.4 Å². The standard InChI is InChI=1S/C38H31N5O3/c1-7-34(44)46-38(4,5)17-16-24-19-32-30(20-29(24)26-18-25-10-8-9-11-31(25)40-21-26)35-33(22-41-32)42(6)36(45)43(35)28-14-12-27(13-15-28)37(2,3)23-39/h7-15,18-22H,1H2,2-6H3. The summed E-state index contributed by atoms with van der Waals surface area (Å²) in [5, 5.41) is 11.3. The summed E-state index contributed by atoms with van der Waals surface area (Å²) < 4.78 is 8.71. The van der Waals surface area contributed by atoms with Crippen LogP contribution in [0.5, 0.6) is 0 Å². The molecule has 0 atom stereocenters. The number of nitriles is 1. The smallest absolute Gasteiger partial charge is 0.333 e. The van der Waals surface area contributed by atoms with Gasteiger partial charge in [-0.05, 0) is 75.2 Å². The average Bonchev–Trinajstić information content (AvgIpc) is 3.32. The molecule has 3 heterocycles. The summed E-state index contributed by atoms with van der Waals surface area (Å²) in [5.74, 6) is 5.76. The van der Waals surface area contributed by atoms with Gasteiger partial charge >= 0.3 is 11.7 Å². The van der Waals surface area contributed by atoms with E-state index < -0.39 is 17.0 Å². The van der Waals surface area contributed by atoms with Gasteiger partial charge < -0.3 is 4.74 Å². The number of carbonyl (C=O) groups excluding carboxylic acids is 1. The molecule has 0 saturated carbocycles. The monoisotopic (exact) mass is 605 g/mol. The maximum absolute atomic E-state index is 13.7. The molecular formula is C38H31N5O3. The number of nitrogens with zero attached hydrogens (tertiary/aromatic N) is 5. The Labute approximate surface area is 266 Å². The number of para-hydroxylation sites is 1. The molecule has 0 N–H and O–H groups in total. The SMILES string of the molecule is C=CC(=O)OC(C)(C)C#Cc1cc2ncc3c(c2cc1-c1cnc2ccccc2c1)n(-c1ccc(C(C)(C)C#N)cc1)c(=O)n3C. The quantitative estimate of drug-likeness (QED) is 0.122. The topological polar surface area (TPSA) is 103 Å². The minimum Gasteiger partial charge on any atom is -0.443 e. The van der Waals surface area contributed by atoms with Gasteiger partial charge in [0.1, 0.15) is 0 Å². The summed E-state index contributed by atoms with van der Waals surface area (Å²) in [5.41, 5.74) is 4.68. The van der Waals surface area contributed by atoms with E-state index in [0.717, 1.165) is 39.1 Å². The van der Waals surface area contributed by atoms with Gasteiger partial charge in [-0.25, -0.2) is 9.59 Å². The molecule has 3 aromatic heterocycles. The zero-order valence-electron chi connectivity index (χ0n) is 26.3. The highest BCUT2D eigenvalue weighted by Gasteiger charge is 2.22. The van der Waals surface area contributed by atoms with Crippen LogP contribution in [-0.4, -0.2) is 30.7 Å². The molecule has 0 fully saturated rings. The third kappa shape index (κ3) is 5.31. The Bertz CT molecular complexity index is 2380. The van der Waals surface area contributed by atoms with Crippen LogP contribution in [0.1, 0.15) is 38.8 Å². The van der Waals surface area contributed by atoms with Crippen molar-refractivity contribution in [1.29, 1.82) is 5.26 Å². The summed E-state index contributed by atoms with van der Waals surface area (Å²) in [6.45, 7) is 10.6. The van der Waals surface area contributed by atoms with E-state index in [1.165, 1.54) is 0 Å². The molecule has 3 aromatic carbocycles. The molecule has 0 unspecified atom stereocenters. The molecule has 0 radical (unpaired) electrons. The molecule has 226 valence electrons. The van der Waals surface area contributed by atoms with Gasteiger partial charge in [0.15, 0.2) is 5.60 Å². The van der Waals surface area contributed by atoms with Crippen LogP contribution in [-0.2, 0) is 22.0 Å². The molecule has 0 spiro atoms. The van der Waals surface area contributed by atoms with Crippen molar-refractivity contribution in [2.45, 2.75) is 38.7 Å². The maximum Gasteiger partial charge on any atom is 0.333 e. The third-order valence-corrected chi connectivity index (χ3v) is 8.07. The Kier molecular flexibility index (Phi) is 7.30. The van der Waals surface area contributed by atoms with Crippen LogP contribution < -0.4 is 5.69 Å². The summed E-state index contributed by atoms with van der Waals surface area (Å²) in [7, 11) is 1.72. The molecule has 8 nitrogen and oxygen atoms in total. The molecule has 0 amide bonds. The number of fused-ring (bicyclic) bond motifs is 4. The first-order valence-corrected chi connectivity index (χ1v) is 14.7. The van der Waals surface area contributed by atoms with E-state index in [4.69, 9.17) is 14.7 Å². The van der Waals surface area contributed by atoms with Crippen LogP contribution in [0, 0.1) is 23.2 Å². The van der Waals surface area contributed by atoms with Crippen LogP contribution in [0.2, 0.25) is 0 Å². The van der Waals surface area contributed by atoms with Gasteiger partial charge in [-0.3, -0.25) is 19.1 Å². The predicted molar refractivity (Wildman–Crippen MR) is 180 cm³/mol. The Morgan fingerprint density at radius 1 is 0.978 bits per heavy atom. The molecule has 0 aliphatic carbocycles. The van der Waals surface area contributed by atoms with E-state index in [2.05, 4.69) is 30.6 Å². The van der Waals surface area contributed by atoms with Crippen LogP contribution in [0.15, 0.2) is 96.6 Å². The number of hydrogen-bond donors (Lipinski definition) is 0. The van der Waals surface area contributed by atoms with Gasteiger partial charge in [-0.1, -0.05) is 48.8 Å². The minimum absolute atomic E-state index is 0.222. The summed E-state index contributed by atoms with van der Waals surface area (Å²) in [6, 6.07) is 23.6. The van der Waals surface area contributed by atoms with Crippen LogP contribution >= 0.6 is 0 Å². The van der Waals surface area contributed by atoms with Crippen molar-refractivity contribution in [2.75, 3.05) is 0 Å². The Morgan fingerprint density at radius 2 is 1.70 bits per heavy atom. The van der Waals surface area contributed by atoms with Crippen molar-refractivity contribution in [3.05, 3.63) is 113 Å². The van der Waals surface area contributed by atoms with Gasteiger partial charge in [0.05, 0.1) is 45.4 Å². The number of benzene rings is 3. The Morgan fingerprint density at radius 3 is 2.41 bits per heavy atom. The molecule has 6 rings (SSSR count). The van der Waals surface area contributed by atoms with E-state index in [-0.39, 0.29) is 5.69 Å². The molecular weight excluding hydrogens is 574 g/mol. The number of carbonyl (C=O) groups is 1. The van der Waals surface area contributed by atoms with E-state index in [1.807, 2.05) is 74.5 Å². The lowest BCUT2D eigenvalue weighted by molar-refractivity contribution is -0.145. The summed E-state index contributed by atoms with van der Waals surface area (Å²) in [6.07, 6.45) is 4.60. The zero-order valence-corrected chi connectivity index (χ0v) is 26.3. The fraction of sp³-hybridized carbons (Fsp3) is 0.184. The van der Waals surface area contributed by atoms with Crippen LogP contribution in [0.3, 0.4) is 0 Å². The fourth-order valence-electron chi connectivity index (χ4n) is 5.47. The Balaban J connectivity index is 1.63. The molecule has 0 saturated heterocycles. The van der Waals surface area contributed by atoms with Crippen LogP contribution in [0.4, 0.5) is 0 Å². The second-order valence-electron chi connectivity index (χ2n) is 12.2. The van der Waals surface area contributed by atoms with Crippen molar-refractivity contribution in [3.8, 4) is 34.7 Å². The highest BCUT2D eigenvalue weighted by atomic mass is 16.6. The molecule has 46 heavy (non-hydrogen) atoms. The zero-order chi connectivity index (χ0) is 32.8. The number of ether oxygens (including phenoxy) is 1. The number of hydrogen-bond acceptors (Lipinski definition) is 6. The first kappa shape index (κ1) is 30.1. The van der Waals surface area contributed by atoms with Gasteiger partial charge in [0.25, 0.3) is 0 Å². The fourth-order valence-corrected chi connectivity index (χ4v) is 5.47. The van der Waals surface area contributed by atoms with Gasteiger partial charge in [-0.2, -0.15) is 5.26 Å². The first-order valence-electron chi connectivity index (χ1n) is 14.7. The highest BCUT2D eigenvalue weighted by molar-refractivity contribution is 6.06. The predicted octanol–water partition coefficient (Wildman–Crippen LogP) is 6.75. The normalized spacial score (nSPS) is 11.7. The van der Waals surface area contributed by atoms with E-state index in [0.29, 0.717) is 27.8 Å². The lowest BCUT2D eigenvalue weighted by Crippen LogP contribution is -2.25. The first-order chi connectivity index (χ1) is 21.9. The summed E-state index contributed by atoms with van der Waals surface area (Å²) >= 11 is 0. The number of imidazole rings is 1. The maximum atomic E-state index is 13.7. The van der Waals surface area contributed by atoms with E-state index in [9.17, 15) is 14.9 Å².